The van der Waals surface area contributed by atoms with Gasteiger partial charge >= 0.3 is 0 Å². The zero-order valence-corrected chi connectivity index (χ0v) is 13.0. The summed E-state index contributed by atoms with van der Waals surface area (Å²) in [7, 11) is 0. The largest absolute Gasteiger partial charge is 0.355 e. The molecule has 0 bridgehead atoms. The Morgan fingerprint density at radius 1 is 0.950 bits per heavy atom. The molecule has 0 spiro atoms. The number of anilines is 2. The fourth-order valence-electron chi connectivity index (χ4n) is 2.33. The molecule has 0 fully saturated rings. The Balaban J connectivity index is 2.06. The summed E-state index contributed by atoms with van der Waals surface area (Å²) in [6.45, 7) is 4.23. The van der Waals surface area contributed by atoms with Crippen LogP contribution in [0.2, 0.25) is 0 Å². The van der Waals surface area contributed by atoms with Gasteiger partial charge in [0.25, 0.3) is 0 Å². The smallest absolute Gasteiger partial charge is 0.0734 e. The highest BCUT2D eigenvalue weighted by atomic mass is 79.9. The van der Waals surface area contributed by atoms with Crippen LogP contribution in [-0.4, -0.2) is 4.98 Å². The zero-order valence-electron chi connectivity index (χ0n) is 11.4. The average molecular weight is 327 g/mol. The van der Waals surface area contributed by atoms with Gasteiger partial charge in [0.15, 0.2) is 0 Å². The Bertz CT molecular complexity index is 781. The third-order valence-corrected chi connectivity index (χ3v) is 3.85. The number of aromatic nitrogens is 1. The summed E-state index contributed by atoms with van der Waals surface area (Å²) in [6, 6.07) is 14.6. The Morgan fingerprint density at radius 2 is 1.80 bits per heavy atom. The van der Waals surface area contributed by atoms with Gasteiger partial charge in [0, 0.05) is 27.4 Å². The lowest BCUT2D eigenvalue weighted by Crippen LogP contribution is -1.95. The third kappa shape index (κ3) is 2.54. The van der Waals surface area contributed by atoms with Crippen molar-refractivity contribution in [2.45, 2.75) is 13.8 Å². The minimum absolute atomic E-state index is 0.981. The molecule has 0 atom stereocenters. The molecular weight excluding hydrogens is 312 g/mol. The molecule has 100 valence electrons. The highest BCUT2D eigenvalue weighted by molar-refractivity contribution is 9.10. The van der Waals surface area contributed by atoms with Crippen molar-refractivity contribution in [2.75, 3.05) is 5.32 Å². The van der Waals surface area contributed by atoms with Gasteiger partial charge in [0.1, 0.15) is 0 Å². The first-order valence-corrected chi connectivity index (χ1v) is 7.31. The molecule has 0 saturated carbocycles. The third-order valence-electron chi connectivity index (χ3n) is 3.36. The maximum absolute atomic E-state index is 4.41. The summed E-state index contributed by atoms with van der Waals surface area (Å²) in [5.41, 5.74) is 5.71. The molecular formula is C17H15BrN2. The van der Waals surface area contributed by atoms with Crippen LogP contribution in [0.25, 0.3) is 10.9 Å². The summed E-state index contributed by atoms with van der Waals surface area (Å²) in [6.07, 6.45) is 1.83. The van der Waals surface area contributed by atoms with E-state index in [9.17, 15) is 0 Å². The second kappa shape index (κ2) is 5.25. The van der Waals surface area contributed by atoms with Crippen molar-refractivity contribution >= 4 is 38.2 Å². The van der Waals surface area contributed by atoms with Crippen molar-refractivity contribution < 1.29 is 0 Å². The second-order valence-electron chi connectivity index (χ2n) is 4.96. The fraction of sp³-hybridized carbons (Fsp3) is 0.118. The van der Waals surface area contributed by atoms with Crippen LogP contribution in [0, 0.1) is 13.8 Å². The van der Waals surface area contributed by atoms with E-state index in [1.165, 1.54) is 11.1 Å². The number of benzene rings is 2. The Morgan fingerprint density at radius 3 is 2.60 bits per heavy atom. The van der Waals surface area contributed by atoms with Gasteiger partial charge in [-0.2, -0.15) is 0 Å². The summed E-state index contributed by atoms with van der Waals surface area (Å²) in [5, 5.41) is 4.63. The van der Waals surface area contributed by atoms with Crippen LogP contribution >= 0.6 is 15.9 Å². The first-order valence-electron chi connectivity index (χ1n) is 6.52. The lowest BCUT2D eigenvalue weighted by Gasteiger charge is -2.12. The van der Waals surface area contributed by atoms with Crippen molar-refractivity contribution in [1.29, 1.82) is 0 Å². The van der Waals surface area contributed by atoms with Crippen LogP contribution in [0.15, 0.2) is 53.1 Å². The maximum Gasteiger partial charge on any atom is 0.0734 e. The zero-order chi connectivity index (χ0) is 14.1. The number of aryl methyl sites for hydroxylation is 2. The van der Waals surface area contributed by atoms with Crippen molar-refractivity contribution in [1.82, 2.24) is 4.98 Å². The van der Waals surface area contributed by atoms with Crippen LogP contribution < -0.4 is 5.32 Å². The van der Waals surface area contributed by atoms with Gasteiger partial charge in [-0.25, -0.2) is 0 Å². The maximum atomic E-state index is 4.41. The van der Waals surface area contributed by atoms with Crippen LogP contribution in [0.3, 0.4) is 0 Å². The molecule has 20 heavy (non-hydrogen) atoms. The van der Waals surface area contributed by atoms with Crippen LogP contribution in [-0.2, 0) is 0 Å². The number of hydrogen-bond acceptors (Lipinski definition) is 2. The van der Waals surface area contributed by atoms with Gasteiger partial charge in [-0.05, 0) is 49.7 Å². The van der Waals surface area contributed by atoms with Gasteiger partial charge in [-0.15, -0.1) is 0 Å². The topological polar surface area (TPSA) is 24.9 Å². The highest BCUT2D eigenvalue weighted by Crippen LogP contribution is 2.28. The van der Waals surface area contributed by atoms with Crippen molar-refractivity contribution in [3.8, 4) is 0 Å². The highest BCUT2D eigenvalue weighted by Gasteiger charge is 2.04. The van der Waals surface area contributed by atoms with Crippen molar-refractivity contribution in [3.05, 3.63) is 64.3 Å². The van der Waals surface area contributed by atoms with Crippen molar-refractivity contribution in [2.24, 2.45) is 0 Å². The molecule has 0 saturated heterocycles. The van der Waals surface area contributed by atoms with Crippen LogP contribution in [0.5, 0.6) is 0 Å². The molecule has 0 amide bonds. The molecule has 3 aromatic rings. The number of fused-ring (bicyclic) bond motifs is 1. The molecule has 1 heterocycles. The monoisotopic (exact) mass is 326 g/mol. The van der Waals surface area contributed by atoms with Gasteiger partial charge < -0.3 is 5.32 Å². The van der Waals surface area contributed by atoms with Gasteiger partial charge in [-0.3, -0.25) is 4.98 Å². The lowest BCUT2D eigenvalue weighted by atomic mass is 10.1. The number of halogens is 1. The number of nitrogens with one attached hydrogen (secondary N) is 1. The minimum atomic E-state index is 0.981. The van der Waals surface area contributed by atoms with E-state index in [4.69, 9.17) is 0 Å². The van der Waals surface area contributed by atoms with E-state index in [2.05, 4.69) is 64.3 Å². The fourth-order valence-corrected chi connectivity index (χ4v) is 2.68. The summed E-state index contributed by atoms with van der Waals surface area (Å²) in [4.78, 5) is 4.41. The molecule has 1 aromatic heterocycles. The van der Waals surface area contributed by atoms with E-state index in [1.54, 1.807) is 0 Å². The Hall–Kier alpha value is -1.87. The summed E-state index contributed by atoms with van der Waals surface area (Å²) in [5.74, 6) is 0. The SMILES string of the molecule is Cc1ccc(Nc2ccnc3cc(Br)ccc23)c(C)c1. The van der Waals surface area contributed by atoms with E-state index in [1.807, 2.05) is 24.4 Å². The molecule has 0 radical (unpaired) electrons. The Labute approximate surface area is 127 Å². The Kier molecular flexibility index (Phi) is 3.45. The van der Waals surface area contributed by atoms with E-state index < -0.39 is 0 Å². The quantitative estimate of drug-likeness (QED) is 0.685. The van der Waals surface area contributed by atoms with Gasteiger partial charge in [0.05, 0.1) is 5.52 Å². The van der Waals surface area contributed by atoms with Gasteiger partial charge in [0.2, 0.25) is 0 Å². The van der Waals surface area contributed by atoms with Gasteiger partial charge in [-0.1, -0.05) is 33.6 Å². The standard InChI is InChI=1S/C17H15BrN2/c1-11-3-6-15(12(2)9-11)20-16-7-8-19-17-10-13(18)4-5-14(16)17/h3-10H,1-2H3,(H,19,20). The number of rotatable bonds is 2. The number of nitrogens with zero attached hydrogens (tertiary/aromatic N) is 1. The van der Waals surface area contributed by atoms with E-state index in [0.717, 1.165) is 26.8 Å². The second-order valence-corrected chi connectivity index (χ2v) is 5.88. The lowest BCUT2D eigenvalue weighted by molar-refractivity contribution is 1.36. The minimum Gasteiger partial charge on any atom is -0.355 e. The van der Waals surface area contributed by atoms with E-state index in [-0.39, 0.29) is 0 Å². The number of pyridine rings is 1. The molecule has 1 N–H and O–H groups in total. The van der Waals surface area contributed by atoms with Crippen molar-refractivity contribution in [3.63, 3.8) is 0 Å². The predicted molar refractivity (Wildman–Crippen MR) is 88.6 cm³/mol. The van der Waals surface area contributed by atoms with E-state index in [0.29, 0.717) is 0 Å². The molecule has 3 rings (SSSR count). The van der Waals surface area contributed by atoms with Crippen LogP contribution in [0.1, 0.15) is 11.1 Å². The summed E-state index contributed by atoms with van der Waals surface area (Å²) < 4.78 is 1.04. The molecule has 0 unspecified atom stereocenters. The van der Waals surface area contributed by atoms with E-state index >= 15 is 0 Å². The first kappa shape index (κ1) is 13.1. The molecule has 3 heteroatoms. The first-order chi connectivity index (χ1) is 9.63. The molecule has 0 aliphatic heterocycles. The average Bonchev–Trinajstić information content (AvgIpc) is 2.41. The molecule has 2 aromatic carbocycles. The molecule has 0 aliphatic rings. The summed E-state index contributed by atoms with van der Waals surface area (Å²) >= 11 is 3.48. The predicted octanol–water partition coefficient (Wildman–Crippen LogP) is 5.36. The molecule has 0 aliphatic carbocycles. The van der Waals surface area contributed by atoms with Crippen LogP contribution in [0.4, 0.5) is 11.4 Å². The number of hydrogen-bond donors (Lipinski definition) is 1. The normalized spacial score (nSPS) is 10.8. The molecule has 2 nitrogen and oxygen atoms in total.